The Balaban J connectivity index is 2.33. The van der Waals surface area contributed by atoms with Crippen molar-refractivity contribution in [1.82, 2.24) is 19.8 Å². The Hall–Kier alpha value is -1.98. The largest absolute Gasteiger partial charge is 0.342 e. The van der Waals surface area contributed by atoms with Crippen molar-refractivity contribution < 1.29 is 9.59 Å². The van der Waals surface area contributed by atoms with Crippen LogP contribution in [-0.4, -0.2) is 57.8 Å². The van der Waals surface area contributed by atoms with E-state index in [4.69, 9.17) is 0 Å². The minimum atomic E-state index is -0.416. The summed E-state index contributed by atoms with van der Waals surface area (Å²) < 4.78 is 0. The molecule has 0 saturated carbocycles. The van der Waals surface area contributed by atoms with Gasteiger partial charge in [0.25, 0.3) is 5.91 Å². The Morgan fingerprint density at radius 3 is 2.70 bits per heavy atom. The lowest BCUT2D eigenvalue weighted by atomic mass is 9.98. The van der Waals surface area contributed by atoms with Crippen LogP contribution in [0, 0.1) is 12.8 Å². The standard InChI is InChI=1S/C14H20N4O2/c1-9(2)12-14(20)17(4)5-6-18(12)13(19)11-7-15-8-16-10(11)3/h7-9,12H,5-6H2,1-4H3. The Morgan fingerprint density at radius 1 is 1.40 bits per heavy atom. The molecule has 0 spiro atoms. The molecule has 0 bridgehead atoms. The fraction of sp³-hybridized carbons (Fsp3) is 0.571. The maximum Gasteiger partial charge on any atom is 0.258 e. The van der Waals surface area contributed by atoms with Crippen molar-refractivity contribution in [2.24, 2.45) is 5.92 Å². The summed E-state index contributed by atoms with van der Waals surface area (Å²) in [7, 11) is 1.77. The van der Waals surface area contributed by atoms with Crippen LogP contribution in [0.3, 0.4) is 0 Å². The van der Waals surface area contributed by atoms with E-state index in [1.165, 1.54) is 12.5 Å². The van der Waals surface area contributed by atoms with E-state index in [9.17, 15) is 9.59 Å². The van der Waals surface area contributed by atoms with Crippen LogP contribution >= 0.6 is 0 Å². The number of piperazine rings is 1. The van der Waals surface area contributed by atoms with Crippen LogP contribution in [0.4, 0.5) is 0 Å². The smallest absolute Gasteiger partial charge is 0.258 e. The molecular weight excluding hydrogens is 256 g/mol. The van der Waals surface area contributed by atoms with Gasteiger partial charge in [0.1, 0.15) is 12.4 Å². The van der Waals surface area contributed by atoms with Crippen molar-refractivity contribution >= 4 is 11.8 Å². The monoisotopic (exact) mass is 276 g/mol. The van der Waals surface area contributed by atoms with Gasteiger partial charge in [-0.3, -0.25) is 9.59 Å². The lowest BCUT2D eigenvalue weighted by Gasteiger charge is -2.41. The number of carbonyl (C=O) groups is 2. The number of hydrogen-bond donors (Lipinski definition) is 0. The van der Waals surface area contributed by atoms with Crippen molar-refractivity contribution in [2.75, 3.05) is 20.1 Å². The lowest BCUT2D eigenvalue weighted by molar-refractivity contribution is -0.140. The highest BCUT2D eigenvalue weighted by Gasteiger charge is 2.38. The van der Waals surface area contributed by atoms with E-state index in [2.05, 4.69) is 9.97 Å². The van der Waals surface area contributed by atoms with Crippen LogP contribution in [0.1, 0.15) is 29.9 Å². The summed E-state index contributed by atoms with van der Waals surface area (Å²) in [5.41, 5.74) is 1.11. The molecular formula is C14H20N4O2. The van der Waals surface area contributed by atoms with E-state index >= 15 is 0 Å². The van der Waals surface area contributed by atoms with Gasteiger partial charge in [0, 0.05) is 26.3 Å². The van der Waals surface area contributed by atoms with E-state index in [-0.39, 0.29) is 17.7 Å². The number of aromatic nitrogens is 2. The predicted octanol–water partition coefficient (Wildman–Crippen LogP) is 0.724. The number of nitrogens with zero attached hydrogens (tertiary/aromatic N) is 4. The highest BCUT2D eigenvalue weighted by atomic mass is 16.2. The predicted molar refractivity (Wildman–Crippen MR) is 74.1 cm³/mol. The Kier molecular flexibility index (Phi) is 4.01. The Bertz CT molecular complexity index is 530. The van der Waals surface area contributed by atoms with Crippen molar-refractivity contribution in [3.63, 3.8) is 0 Å². The van der Waals surface area contributed by atoms with Crippen LogP contribution in [0.15, 0.2) is 12.5 Å². The molecule has 6 heteroatoms. The number of amides is 2. The average molecular weight is 276 g/mol. The third-order valence-electron chi connectivity index (χ3n) is 3.68. The lowest BCUT2D eigenvalue weighted by Crippen LogP contribution is -2.59. The SMILES string of the molecule is Cc1ncncc1C(=O)N1CCN(C)C(=O)C1C(C)C. The van der Waals surface area contributed by atoms with Gasteiger partial charge >= 0.3 is 0 Å². The summed E-state index contributed by atoms with van der Waals surface area (Å²) in [6.45, 7) is 6.78. The van der Waals surface area contributed by atoms with Gasteiger partial charge < -0.3 is 9.80 Å². The molecule has 1 aromatic heterocycles. The highest BCUT2D eigenvalue weighted by molar-refractivity contribution is 5.98. The van der Waals surface area contributed by atoms with Crippen molar-refractivity contribution in [1.29, 1.82) is 0 Å². The molecule has 6 nitrogen and oxygen atoms in total. The first kappa shape index (κ1) is 14.4. The summed E-state index contributed by atoms with van der Waals surface area (Å²) in [6, 6.07) is -0.416. The number of carbonyl (C=O) groups excluding carboxylic acids is 2. The molecule has 0 aromatic carbocycles. The van der Waals surface area contributed by atoms with E-state index in [0.29, 0.717) is 24.3 Å². The topological polar surface area (TPSA) is 66.4 Å². The van der Waals surface area contributed by atoms with Crippen molar-refractivity contribution in [3.05, 3.63) is 23.8 Å². The third-order valence-corrected chi connectivity index (χ3v) is 3.68. The van der Waals surface area contributed by atoms with E-state index in [0.717, 1.165) is 0 Å². The van der Waals surface area contributed by atoms with Gasteiger partial charge in [-0.05, 0) is 12.8 Å². The van der Waals surface area contributed by atoms with Crippen LogP contribution in [0.25, 0.3) is 0 Å². The Labute approximate surface area is 118 Å². The van der Waals surface area contributed by atoms with Gasteiger partial charge in [-0.15, -0.1) is 0 Å². The van der Waals surface area contributed by atoms with Crippen LogP contribution in [0.2, 0.25) is 0 Å². The first-order valence-electron chi connectivity index (χ1n) is 6.76. The van der Waals surface area contributed by atoms with Gasteiger partial charge in [-0.2, -0.15) is 0 Å². The number of rotatable bonds is 2. The molecule has 1 aromatic rings. The van der Waals surface area contributed by atoms with Gasteiger partial charge in [-0.1, -0.05) is 13.8 Å². The zero-order valence-electron chi connectivity index (χ0n) is 12.3. The molecule has 1 aliphatic rings. The number of likely N-dealkylation sites (N-methyl/N-ethyl adjacent to an activating group) is 1. The van der Waals surface area contributed by atoms with Crippen LogP contribution in [0.5, 0.6) is 0 Å². The van der Waals surface area contributed by atoms with Crippen molar-refractivity contribution in [2.45, 2.75) is 26.8 Å². The summed E-state index contributed by atoms with van der Waals surface area (Å²) in [5, 5.41) is 0. The molecule has 1 saturated heterocycles. The van der Waals surface area contributed by atoms with Crippen LogP contribution < -0.4 is 0 Å². The van der Waals surface area contributed by atoms with Gasteiger partial charge in [0.05, 0.1) is 11.3 Å². The molecule has 0 N–H and O–H groups in total. The quantitative estimate of drug-likeness (QED) is 0.798. The van der Waals surface area contributed by atoms with E-state index < -0.39 is 6.04 Å². The molecule has 20 heavy (non-hydrogen) atoms. The zero-order chi connectivity index (χ0) is 14.9. The van der Waals surface area contributed by atoms with Gasteiger partial charge in [-0.25, -0.2) is 9.97 Å². The summed E-state index contributed by atoms with van der Waals surface area (Å²) >= 11 is 0. The fourth-order valence-electron chi connectivity index (χ4n) is 2.49. The fourth-order valence-corrected chi connectivity index (χ4v) is 2.49. The molecule has 0 radical (unpaired) electrons. The maximum absolute atomic E-state index is 12.7. The molecule has 1 unspecified atom stereocenters. The Morgan fingerprint density at radius 2 is 2.10 bits per heavy atom. The van der Waals surface area contributed by atoms with Gasteiger partial charge in [0.15, 0.2) is 0 Å². The number of hydrogen-bond acceptors (Lipinski definition) is 4. The molecule has 1 aliphatic heterocycles. The molecule has 108 valence electrons. The first-order chi connectivity index (χ1) is 9.43. The second kappa shape index (κ2) is 5.56. The molecule has 1 atom stereocenters. The first-order valence-corrected chi connectivity index (χ1v) is 6.76. The maximum atomic E-state index is 12.7. The summed E-state index contributed by atoms with van der Waals surface area (Å²) in [4.78, 5) is 36.3. The van der Waals surface area contributed by atoms with E-state index in [1.807, 2.05) is 13.8 Å². The normalized spacial score (nSPS) is 19.6. The minimum Gasteiger partial charge on any atom is -0.342 e. The highest BCUT2D eigenvalue weighted by Crippen LogP contribution is 2.20. The third kappa shape index (κ3) is 2.50. The van der Waals surface area contributed by atoms with Crippen LogP contribution in [-0.2, 0) is 4.79 Å². The summed E-state index contributed by atoms with van der Waals surface area (Å²) in [6.07, 6.45) is 2.94. The average Bonchev–Trinajstić information content (AvgIpc) is 2.41. The minimum absolute atomic E-state index is 0.00546. The second-order valence-corrected chi connectivity index (χ2v) is 5.47. The molecule has 2 rings (SSSR count). The molecule has 2 heterocycles. The molecule has 2 amide bonds. The molecule has 1 fully saturated rings. The zero-order valence-corrected chi connectivity index (χ0v) is 12.3. The van der Waals surface area contributed by atoms with Gasteiger partial charge in [0.2, 0.25) is 5.91 Å². The summed E-state index contributed by atoms with van der Waals surface area (Å²) in [5.74, 6) is -0.100. The van der Waals surface area contributed by atoms with E-state index in [1.54, 1.807) is 23.8 Å². The molecule has 0 aliphatic carbocycles. The van der Waals surface area contributed by atoms with Crippen molar-refractivity contribution in [3.8, 4) is 0 Å². The number of aryl methyl sites for hydroxylation is 1. The second-order valence-electron chi connectivity index (χ2n) is 5.47.